The van der Waals surface area contributed by atoms with E-state index in [4.69, 9.17) is 5.11 Å². The highest BCUT2D eigenvalue weighted by Gasteiger charge is 2.07. The molecule has 0 spiro atoms. The van der Waals surface area contributed by atoms with Gasteiger partial charge in [-0.2, -0.15) is 0 Å². The SMILES string of the molecule is CCC(C)/C=C(C)/C=C/C(=O)CCCC(O)CCCC(=O)O. The summed E-state index contributed by atoms with van der Waals surface area (Å²) < 4.78 is 0. The van der Waals surface area contributed by atoms with Gasteiger partial charge < -0.3 is 10.2 Å². The van der Waals surface area contributed by atoms with Crippen LogP contribution in [0.3, 0.4) is 0 Å². The van der Waals surface area contributed by atoms with Crippen LogP contribution < -0.4 is 0 Å². The van der Waals surface area contributed by atoms with Crippen LogP contribution in [0.25, 0.3) is 0 Å². The van der Waals surface area contributed by atoms with Gasteiger partial charge >= 0.3 is 5.97 Å². The number of carboxylic acid groups (broad SMARTS) is 1. The van der Waals surface area contributed by atoms with Crippen LogP contribution in [0.5, 0.6) is 0 Å². The number of rotatable bonds is 12. The van der Waals surface area contributed by atoms with Crippen molar-refractivity contribution in [2.75, 3.05) is 0 Å². The molecule has 0 fully saturated rings. The molecule has 4 heteroatoms. The Balaban J connectivity index is 3.89. The van der Waals surface area contributed by atoms with Crippen LogP contribution in [0.2, 0.25) is 0 Å². The fourth-order valence-corrected chi connectivity index (χ4v) is 2.08. The van der Waals surface area contributed by atoms with Gasteiger partial charge in [0, 0.05) is 12.8 Å². The van der Waals surface area contributed by atoms with Crippen molar-refractivity contribution in [1.82, 2.24) is 0 Å². The number of carbonyl (C=O) groups excluding carboxylic acids is 1. The fraction of sp³-hybridized carbons (Fsp3) is 0.667. The summed E-state index contributed by atoms with van der Waals surface area (Å²) in [7, 11) is 0. The number of aliphatic carboxylic acids is 1. The summed E-state index contributed by atoms with van der Waals surface area (Å²) in [4.78, 5) is 22.1. The Morgan fingerprint density at radius 3 is 2.23 bits per heavy atom. The lowest BCUT2D eigenvalue weighted by Crippen LogP contribution is -2.08. The molecule has 0 radical (unpaired) electrons. The van der Waals surface area contributed by atoms with Gasteiger partial charge in [-0.25, -0.2) is 0 Å². The molecule has 0 saturated heterocycles. The quantitative estimate of drug-likeness (QED) is 0.423. The van der Waals surface area contributed by atoms with Gasteiger partial charge in [0.05, 0.1) is 6.10 Å². The van der Waals surface area contributed by atoms with Crippen LogP contribution in [0.4, 0.5) is 0 Å². The first kappa shape index (κ1) is 20.6. The second kappa shape index (κ2) is 12.2. The molecule has 0 aromatic rings. The van der Waals surface area contributed by atoms with Gasteiger partial charge in [0.25, 0.3) is 0 Å². The second-order valence-corrected chi connectivity index (χ2v) is 5.93. The van der Waals surface area contributed by atoms with E-state index in [1.54, 1.807) is 6.08 Å². The highest BCUT2D eigenvalue weighted by atomic mass is 16.4. The standard InChI is InChI=1S/C18H30O4/c1-4-14(2)13-15(3)11-12-17(20)8-5-7-16(19)9-6-10-18(21)22/h11-14,16,19H,4-10H2,1-3H3,(H,21,22)/b12-11+,15-13+. The molecule has 0 aliphatic carbocycles. The molecular formula is C18H30O4. The lowest BCUT2D eigenvalue weighted by molar-refractivity contribution is -0.137. The maximum atomic E-state index is 11.7. The number of ketones is 1. The molecule has 0 aliphatic rings. The van der Waals surface area contributed by atoms with Crippen LogP contribution in [0, 0.1) is 5.92 Å². The minimum Gasteiger partial charge on any atom is -0.481 e. The van der Waals surface area contributed by atoms with Crippen LogP contribution in [0.15, 0.2) is 23.8 Å². The molecule has 0 amide bonds. The van der Waals surface area contributed by atoms with Gasteiger partial charge in [-0.1, -0.05) is 38.0 Å². The Kier molecular flexibility index (Phi) is 11.4. The Bertz CT molecular complexity index is 396. The van der Waals surface area contributed by atoms with E-state index in [0.29, 0.717) is 38.0 Å². The van der Waals surface area contributed by atoms with E-state index < -0.39 is 12.1 Å². The first-order chi connectivity index (χ1) is 10.3. The molecule has 2 atom stereocenters. The van der Waals surface area contributed by atoms with Gasteiger partial charge in [0.1, 0.15) is 0 Å². The number of aliphatic hydroxyl groups is 1. The van der Waals surface area contributed by atoms with Crippen molar-refractivity contribution in [3.8, 4) is 0 Å². The molecule has 126 valence electrons. The van der Waals surface area contributed by atoms with Crippen molar-refractivity contribution >= 4 is 11.8 Å². The summed E-state index contributed by atoms with van der Waals surface area (Å²) in [5.74, 6) is -0.260. The van der Waals surface area contributed by atoms with Crippen LogP contribution in [-0.4, -0.2) is 28.1 Å². The maximum Gasteiger partial charge on any atom is 0.303 e. The van der Waals surface area contributed by atoms with Gasteiger partial charge in [-0.15, -0.1) is 0 Å². The van der Waals surface area contributed by atoms with Gasteiger partial charge in [-0.05, 0) is 44.6 Å². The Morgan fingerprint density at radius 2 is 1.68 bits per heavy atom. The Morgan fingerprint density at radius 1 is 1.09 bits per heavy atom. The fourth-order valence-electron chi connectivity index (χ4n) is 2.08. The summed E-state index contributed by atoms with van der Waals surface area (Å²) in [5.41, 5.74) is 1.09. The largest absolute Gasteiger partial charge is 0.481 e. The zero-order valence-electron chi connectivity index (χ0n) is 14.0. The van der Waals surface area contributed by atoms with Crippen LogP contribution in [-0.2, 0) is 9.59 Å². The third kappa shape index (κ3) is 12.3. The van der Waals surface area contributed by atoms with Crippen molar-refractivity contribution < 1.29 is 19.8 Å². The third-order valence-electron chi connectivity index (χ3n) is 3.61. The summed E-state index contributed by atoms with van der Waals surface area (Å²) in [6, 6.07) is 0. The van der Waals surface area contributed by atoms with Gasteiger partial charge in [0.2, 0.25) is 0 Å². The molecule has 0 saturated carbocycles. The van der Waals surface area contributed by atoms with E-state index in [1.807, 2.05) is 13.0 Å². The number of hydrogen-bond donors (Lipinski definition) is 2. The summed E-state index contributed by atoms with van der Waals surface area (Å²) in [6.45, 7) is 6.26. The van der Waals surface area contributed by atoms with Crippen LogP contribution in [0.1, 0.15) is 65.7 Å². The predicted octanol–water partition coefficient (Wildman–Crippen LogP) is 3.89. The summed E-state index contributed by atoms with van der Waals surface area (Å²) >= 11 is 0. The topological polar surface area (TPSA) is 74.6 Å². The number of carbonyl (C=O) groups is 2. The number of allylic oxidation sites excluding steroid dienone is 4. The number of carboxylic acids is 1. The lowest BCUT2D eigenvalue weighted by atomic mass is 10.0. The monoisotopic (exact) mass is 310 g/mol. The highest BCUT2D eigenvalue weighted by molar-refractivity contribution is 5.89. The number of hydrogen-bond acceptors (Lipinski definition) is 3. The molecule has 4 nitrogen and oxygen atoms in total. The average Bonchev–Trinajstić information content (AvgIpc) is 2.44. The van der Waals surface area contributed by atoms with E-state index in [9.17, 15) is 14.7 Å². The zero-order valence-corrected chi connectivity index (χ0v) is 14.0. The van der Waals surface area contributed by atoms with Crippen LogP contribution >= 0.6 is 0 Å². The molecule has 22 heavy (non-hydrogen) atoms. The van der Waals surface area contributed by atoms with E-state index >= 15 is 0 Å². The average molecular weight is 310 g/mol. The predicted molar refractivity (Wildman–Crippen MR) is 88.7 cm³/mol. The lowest BCUT2D eigenvalue weighted by Gasteiger charge is -2.08. The van der Waals surface area contributed by atoms with Crippen molar-refractivity contribution in [2.24, 2.45) is 5.92 Å². The summed E-state index contributed by atoms with van der Waals surface area (Å²) in [5, 5.41) is 18.2. The molecule has 0 aromatic carbocycles. The zero-order chi connectivity index (χ0) is 17.0. The third-order valence-corrected chi connectivity index (χ3v) is 3.61. The highest BCUT2D eigenvalue weighted by Crippen LogP contribution is 2.10. The smallest absolute Gasteiger partial charge is 0.303 e. The minimum atomic E-state index is -0.840. The normalized spacial score (nSPS) is 15.0. The van der Waals surface area contributed by atoms with Crippen molar-refractivity contribution in [3.05, 3.63) is 23.8 Å². The molecular weight excluding hydrogens is 280 g/mol. The van der Waals surface area contributed by atoms with E-state index in [0.717, 1.165) is 12.0 Å². The molecule has 2 N–H and O–H groups in total. The minimum absolute atomic E-state index is 0.0645. The number of aliphatic hydroxyl groups excluding tert-OH is 1. The molecule has 2 unspecified atom stereocenters. The molecule has 0 aliphatic heterocycles. The molecule has 0 bridgehead atoms. The molecule has 0 aromatic heterocycles. The second-order valence-electron chi connectivity index (χ2n) is 5.93. The Hall–Kier alpha value is -1.42. The molecule has 0 rings (SSSR count). The first-order valence-electron chi connectivity index (χ1n) is 8.14. The van der Waals surface area contributed by atoms with Crippen molar-refractivity contribution in [3.63, 3.8) is 0 Å². The van der Waals surface area contributed by atoms with Gasteiger partial charge in [-0.3, -0.25) is 9.59 Å². The first-order valence-corrected chi connectivity index (χ1v) is 8.14. The van der Waals surface area contributed by atoms with Crippen molar-refractivity contribution in [1.29, 1.82) is 0 Å². The van der Waals surface area contributed by atoms with E-state index in [-0.39, 0.29) is 12.2 Å². The van der Waals surface area contributed by atoms with E-state index in [1.165, 1.54) is 0 Å². The maximum absolute atomic E-state index is 11.7. The molecule has 0 heterocycles. The van der Waals surface area contributed by atoms with Crippen molar-refractivity contribution in [2.45, 2.75) is 71.8 Å². The van der Waals surface area contributed by atoms with E-state index in [2.05, 4.69) is 19.9 Å². The van der Waals surface area contributed by atoms with Gasteiger partial charge in [0.15, 0.2) is 5.78 Å². The Labute approximate surface area is 133 Å². The summed E-state index contributed by atoms with van der Waals surface area (Å²) in [6.07, 6.45) is 8.80.